The van der Waals surface area contributed by atoms with E-state index < -0.39 is 0 Å². The molecule has 2 amide bonds. The third-order valence-corrected chi connectivity index (χ3v) is 3.85. The Kier molecular flexibility index (Phi) is 3.57. The van der Waals surface area contributed by atoms with Gasteiger partial charge in [-0.05, 0) is 39.7 Å². The van der Waals surface area contributed by atoms with Crippen molar-refractivity contribution < 1.29 is 9.59 Å². The van der Waals surface area contributed by atoms with Crippen molar-refractivity contribution in [2.45, 2.75) is 52.6 Å². The minimum Gasteiger partial charge on any atom is -0.296 e. The van der Waals surface area contributed by atoms with Gasteiger partial charge in [-0.2, -0.15) is 0 Å². The largest absolute Gasteiger partial charge is 0.296 e. The molecule has 0 bridgehead atoms. The van der Waals surface area contributed by atoms with Crippen LogP contribution in [0.25, 0.3) is 0 Å². The average molecular weight is 250 g/mol. The van der Waals surface area contributed by atoms with Crippen LogP contribution in [0, 0.1) is 0 Å². The summed E-state index contributed by atoms with van der Waals surface area (Å²) in [4.78, 5) is 28.1. The zero-order valence-electron chi connectivity index (χ0n) is 11.7. The van der Waals surface area contributed by atoms with E-state index in [4.69, 9.17) is 0 Å². The topological polar surface area (TPSA) is 40.6 Å². The van der Waals surface area contributed by atoms with Gasteiger partial charge in [-0.15, -0.1) is 0 Å². The summed E-state index contributed by atoms with van der Waals surface area (Å²) in [6.07, 6.45) is 1.29. The van der Waals surface area contributed by atoms with E-state index in [-0.39, 0.29) is 17.9 Å². The third-order valence-electron chi connectivity index (χ3n) is 3.85. The summed E-state index contributed by atoms with van der Waals surface area (Å²) in [6, 6.07) is 0.394. The number of rotatable bonds is 2. The number of amides is 2. The van der Waals surface area contributed by atoms with Gasteiger partial charge in [-0.1, -0.05) is 0 Å². The fourth-order valence-corrected chi connectivity index (χ4v) is 2.73. The average Bonchev–Trinajstić information content (AvgIpc) is 2.27. The molecule has 0 N–H and O–H groups in total. The molecule has 0 saturated carbocycles. The van der Waals surface area contributed by atoms with Crippen LogP contribution >= 0.6 is 0 Å². The van der Waals surface area contributed by atoms with Crippen LogP contribution in [0.5, 0.6) is 0 Å². The van der Waals surface area contributed by atoms with Crippen molar-refractivity contribution >= 4 is 11.8 Å². The number of hydrogen-bond donors (Lipinski definition) is 0. The van der Waals surface area contributed by atoms with E-state index in [0.29, 0.717) is 19.0 Å². The maximum atomic E-state index is 12.4. The Morgan fingerprint density at radius 1 is 1.06 bits per heavy atom. The summed E-state index contributed by atoms with van der Waals surface area (Å²) in [5, 5.41) is 0. The lowest BCUT2D eigenvalue weighted by molar-refractivity contribution is -0.145. The lowest BCUT2D eigenvalue weighted by Gasteiger charge is -2.38. The first-order valence-corrected chi connectivity index (χ1v) is 6.73. The molecule has 2 aliphatic rings. The van der Waals surface area contributed by atoms with Crippen LogP contribution in [-0.2, 0) is 9.59 Å². The van der Waals surface area contributed by atoms with Crippen molar-refractivity contribution in [3.05, 3.63) is 11.1 Å². The summed E-state index contributed by atoms with van der Waals surface area (Å²) in [5.74, 6) is -0.103. The highest BCUT2D eigenvalue weighted by Gasteiger charge is 2.37. The van der Waals surface area contributed by atoms with Crippen LogP contribution in [0.2, 0.25) is 0 Å². The number of hydrogen-bond acceptors (Lipinski definition) is 3. The molecule has 0 radical (unpaired) electrons. The zero-order valence-corrected chi connectivity index (χ0v) is 11.7. The normalized spacial score (nSPS) is 22.2. The minimum absolute atomic E-state index is 0.0354. The van der Waals surface area contributed by atoms with Crippen LogP contribution in [0.4, 0.5) is 0 Å². The van der Waals surface area contributed by atoms with E-state index in [1.165, 1.54) is 4.90 Å². The van der Waals surface area contributed by atoms with E-state index in [1.807, 2.05) is 13.8 Å². The molecule has 0 unspecified atom stereocenters. The Hall–Kier alpha value is -1.16. The highest BCUT2D eigenvalue weighted by atomic mass is 16.2. The van der Waals surface area contributed by atoms with E-state index >= 15 is 0 Å². The van der Waals surface area contributed by atoms with Crippen molar-refractivity contribution in [2.24, 2.45) is 0 Å². The minimum atomic E-state index is -0.0680. The van der Waals surface area contributed by atoms with Gasteiger partial charge in [0.2, 0.25) is 5.91 Å². The first kappa shape index (κ1) is 13.3. The summed E-state index contributed by atoms with van der Waals surface area (Å²) < 4.78 is 0. The molecule has 4 nitrogen and oxygen atoms in total. The van der Waals surface area contributed by atoms with Gasteiger partial charge in [0, 0.05) is 37.2 Å². The first-order chi connectivity index (χ1) is 8.41. The Bertz CT molecular complexity index is 410. The van der Waals surface area contributed by atoms with Crippen LogP contribution < -0.4 is 0 Å². The maximum Gasteiger partial charge on any atom is 0.257 e. The van der Waals surface area contributed by atoms with Crippen LogP contribution in [0.1, 0.15) is 40.5 Å². The second-order valence-corrected chi connectivity index (χ2v) is 5.74. The number of imide groups is 1. The fourth-order valence-electron chi connectivity index (χ4n) is 2.73. The molecule has 4 heteroatoms. The Balaban J connectivity index is 2.27. The summed E-state index contributed by atoms with van der Waals surface area (Å²) in [5.41, 5.74) is 1.93. The fraction of sp³-hybridized carbons (Fsp3) is 0.714. The molecule has 2 heterocycles. The van der Waals surface area contributed by atoms with Gasteiger partial charge in [-0.25, -0.2) is 0 Å². The van der Waals surface area contributed by atoms with Gasteiger partial charge < -0.3 is 0 Å². The number of carbonyl (C=O) groups excluding carboxylic acids is 2. The molecule has 0 aliphatic carbocycles. The van der Waals surface area contributed by atoms with Gasteiger partial charge in [0.15, 0.2) is 0 Å². The van der Waals surface area contributed by atoms with Crippen molar-refractivity contribution in [3.8, 4) is 0 Å². The molecule has 100 valence electrons. The van der Waals surface area contributed by atoms with E-state index in [0.717, 1.165) is 24.1 Å². The monoisotopic (exact) mass is 250 g/mol. The third kappa shape index (κ3) is 2.21. The van der Waals surface area contributed by atoms with E-state index in [9.17, 15) is 9.59 Å². The molecular formula is C14H22N2O2. The van der Waals surface area contributed by atoms with Crippen molar-refractivity contribution in [3.63, 3.8) is 0 Å². The molecule has 0 aromatic heterocycles. The van der Waals surface area contributed by atoms with Crippen molar-refractivity contribution in [1.29, 1.82) is 0 Å². The number of nitrogens with zero attached hydrogens (tertiary/aromatic N) is 2. The predicted octanol–water partition coefficient (Wildman–Crippen LogP) is 1.56. The molecule has 18 heavy (non-hydrogen) atoms. The van der Waals surface area contributed by atoms with Crippen LogP contribution in [0.15, 0.2) is 11.1 Å². The quantitative estimate of drug-likeness (QED) is 0.698. The molecule has 0 saturated heterocycles. The maximum absolute atomic E-state index is 12.4. The molecule has 0 aromatic rings. The zero-order chi connectivity index (χ0) is 13.4. The van der Waals surface area contributed by atoms with Gasteiger partial charge in [0.05, 0.1) is 0 Å². The van der Waals surface area contributed by atoms with Crippen LogP contribution in [-0.4, -0.2) is 46.8 Å². The molecular weight excluding hydrogens is 228 g/mol. The van der Waals surface area contributed by atoms with Crippen LogP contribution in [0.3, 0.4) is 0 Å². The van der Waals surface area contributed by atoms with Gasteiger partial charge >= 0.3 is 0 Å². The van der Waals surface area contributed by atoms with E-state index in [2.05, 4.69) is 18.7 Å². The Morgan fingerprint density at radius 3 is 2.28 bits per heavy atom. The van der Waals surface area contributed by atoms with Gasteiger partial charge in [0.25, 0.3) is 5.91 Å². The Labute approximate surface area is 109 Å². The van der Waals surface area contributed by atoms with Gasteiger partial charge in [-0.3, -0.25) is 19.4 Å². The highest BCUT2D eigenvalue weighted by molar-refractivity contribution is 6.09. The SMILES string of the molecule is CC(C)N1CCC2=C(C1)C(=O)N(C(C)C)C(=O)C2. The predicted molar refractivity (Wildman–Crippen MR) is 70.0 cm³/mol. The van der Waals surface area contributed by atoms with E-state index in [1.54, 1.807) is 0 Å². The summed E-state index contributed by atoms with van der Waals surface area (Å²) in [7, 11) is 0. The lowest BCUT2D eigenvalue weighted by atomic mass is 9.91. The molecule has 0 aromatic carbocycles. The Morgan fingerprint density at radius 2 is 1.72 bits per heavy atom. The molecule has 2 aliphatic heterocycles. The summed E-state index contributed by atoms with van der Waals surface area (Å²) >= 11 is 0. The molecule has 0 atom stereocenters. The van der Waals surface area contributed by atoms with Crippen molar-refractivity contribution in [1.82, 2.24) is 9.80 Å². The number of carbonyl (C=O) groups is 2. The molecule has 2 rings (SSSR count). The molecule has 0 spiro atoms. The molecule has 0 fully saturated rings. The standard InChI is InChI=1S/C14H22N2O2/c1-9(2)15-6-5-11-7-13(17)16(10(3)4)14(18)12(11)8-15/h9-10H,5-8H2,1-4H3. The second kappa shape index (κ2) is 4.84. The second-order valence-electron chi connectivity index (χ2n) is 5.74. The van der Waals surface area contributed by atoms with Crippen molar-refractivity contribution in [2.75, 3.05) is 13.1 Å². The summed E-state index contributed by atoms with van der Waals surface area (Å²) in [6.45, 7) is 9.73. The van der Waals surface area contributed by atoms with Gasteiger partial charge in [0.1, 0.15) is 0 Å². The smallest absolute Gasteiger partial charge is 0.257 e. The first-order valence-electron chi connectivity index (χ1n) is 6.73. The lowest BCUT2D eigenvalue weighted by Crippen LogP contribution is -2.50. The highest BCUT2D eigenvalue weighted by Crippen LogP contribution is 2.29.